The molecule has 0 heterocycles. The highest BCUT2D eigenvalue weighted by Gasteiger charge is 2.25. The highest BCUT2D eigenvalue weighted by atomic mass is 16.5. The van der Waals surface area contributed by atoms with E-state index in [0.717, 1.165) is 11.1 Å². The number of carbonyl (C=O) groups excluding carboxylic acids is 3. The molecule has 6 heteroatoms. The first-order chi connectivity index (χ1) is 18.6. The number of amides is 2. The van der Waals surface area contributed by atoms with Gasteiger partial charge in [0.1, 0.15) is 12.6 Å². The standard InChI is InChI=1S/C32H30N2O4/c35-30(26-17-9-3-10-18-26)34-29(22-25-15-7-2-8-16-25)31(36)33-28(21-24-13-5-1-6-14-24)23-38-32(37)27-19-11-4-12-20-27/h1-20,28-29H,21-23H2,(H,33,36)(H,34,35). The Morgan fingerprint density at radius 3 is 1.61 bits per heavy atom. The molecule has 2 atom stereocenters. The average Bonchev–Trinajstić information content (AvgIpc) is 2.97. The van der Waals surface area contributed by atoms with E-state index in [1.165, 1.54) is 0 Å². The normalized spacial score (nSPS) is 12.1. The van der Waals surface area contributed by atoms with E-state index >= 15 is 0 Å². The van der Waals surface area contributed by atoms with Crippen LogP contribution in [0, 0.1) is 0 Å². The zero-order valence-corrected chi connectivity index (χ0v) is 21.0. The monoisotopic (exact) mass is 506 g/mol. The van der Waals surface area contributed by atoms with Gasteiger partial charge < -0.3 is 15.4 Å². The molecule has 0 aliphatic carbocycles. The van der Waals surface area contributed by atoms with Gasteiger partial charge in [-0.25, -0.2) is 4.79 Å². The number of hydrogen-bond donors (Lipinski definition) is 2. The lowest BCUT2D eigenvalue weighted by Gasteiger charge is -2.24. The number of carbonyl (C=O) groups is 3. The van der Waals surface area contributed by atoms with Gasteiger partial charge in [-0.3, -0.25) is 9.59 Å². The predicted molar refractivity (Wildman–Crippen MR) is 147 cm³/mol. The number of hydrogen-bond acceptors (Lipinski definition) is 4. The molecule has 0 aliphatic rings. The third-order valence-electron chi connectivity index (χ3n) is 6.04. The molecule has 2 N–H and O–H groups in total. The molecule has 0 fully saturated rings. The summed E-state index contributed by atoms with van der Waals surface area (Å²) in [6, 6.07) is 35.4. The summed E-state index contributed by atoms with van der Waals surface area (Å²) in [6.07, 6.45) is 0.770. The summed E-state index contributed by atoms with van der Waals surface area (Å²) < 4.78 is 5.57. The maximum atomic E-state index is 13.6. The van der Waals surface area contributed by atoms with Crippen molar-refractivity contribution in [3.63, 3.8) is 0 Å². The second kappa shape index (κ2) is 13.6. The van der Waals surface area contributed by atoms with Gasteiger partial charge in [-0.15, -0.1) is 0 Å². The van der Waals surface area contributed by atoms with Gasteiger partial charge in [0.15, 0.2) is 0 Å². The van der Waals surface area contributed by atoms with Crippen molar-refractivity contribution in [3.05, 3.63) is 144 Å². The van der Waals surface area contributed by atoms with Crippen molar-refractivity contribution in [3.8, 4) is 0 Å². The fraction of sp³-hybridized carbons (Fsp3) is 0.156. The molecule has 0 aromatic heterocycles. The second-order valence-electron chi connectivity index (χ2n) is 8.94. The Morgan fingerprint density at radius 1 is 0.579 bits per heavy atom. The number of rotatable bonds is 11. The van der Waals surface area contributed by atoms with Gasteiger partial charge in [-0.1, -0.05) is 97.1 Å². The van der Waals surface area contributed by atoms with Gasteiger partial charge in [-0.2, -0.15) is 0 Å². The Kier molecular flexibility index (Phi) is 9.40. The SMILES string of the molecule is O=C(NC(Cc1ccccc1)C(=O)NC(COC(=O)c1ccccc1)Cc1ccccc1)c1ccccc1. The van der Waals surface area contributed by atoms with Crippen LogP contribution in [0.2, 0.25) is 0 Å². The molecule has 4 aromatic carbocycles. The van der Waals surface area contributed by atoms with Crippen molar-refractivity contribution in [1.82, 2.24) is 10.6 Å². The summed E-state index contributed by atoms with van der Waals surface area (Å²) in [5.41, 5.74) is 2.81. The zero-order valence-electron chi connectivity index (χ0n) is 21.0. The lowest BCUT2D eigenvalue weighted by molar-refractivity contribution is -0.124. The van der Waals surface area contributed by atoms with E-state index in [1.54, 1.807) is 48.5 Å². The van der Waals surface area contributed by atoms with Crippen molar-refractivity contribution in [2.24, 2.45) is 0 Å². The molecule has 0 aliphatic heterocycles. The molecule has 4 aromatic rings. The van der Waals surface area contributed by atoms with E-state index in [1.807, 2.05) is 72.8 Å². The molecule has 38 heavy (non-hydrogen) atoms. The van der Waals surface area contributed by atoms with Crippen LogP contribution in [-0.2, 0) is 22.4 Å². The van der Waals surface area contributed by atoms with Crippen LogP contribution in [0.5, 0.6) is 0 Å². The number of esters is 1. The van der Waals surface area contributed by atoms with Gasteiger partial charge in [0.05, 0.1) is 11.6 Å². The molecule has 0 bridgehead atoms. The number of ether oxygens (including phenoxy) is 1. The first-order valence-electron chi connectivity index (χ1n) is 12.5. The van der Waals surface area contributed by atoms with Crippen molar-refractivity contribution >= 4 is 17.8 Å². The van der Waals surface area contributed by atoms with Crippen LogP contribution in [0.3, 0.4) is 0 Å². The van der Waals surface area contributed by atoms with E-state index in [2.05, 4.69) is 10.6 Å². The fourth-order valence-corrected chi connectivity index (χ4v) is 4.08. The molecule has 2 amide bonds. The summed E-state index contributed by atoms with van der Waals surface area (Å²) >= 11 is 0. The van der Waals surface area contributed by atoms with Crippen LogP contribution in [0.1, 0.15) is 31.8 Å². The molecule has 0 saturated carbocycles. The Balaban J connectivity index is 1.50. The van der Waals surface area contributed by atoms with E-state index in [4.69, 9.17) is 4.74 Å². The zero-order chi connectivity index (χ0) is 26.6. The molecule has 0 saturated heterocycles. The molecular formula is C32H30N2O4. The molecule has 192 valence electrons. The molecule has 6 nitrogen and oxygen atoms in total. The van der Waals surface area contributed by atoms with Crippen molar-refractivity contribution < 1.29 is 19.1 Å². The van der Waals surface area contributed by atoms with Crippen molar-refractivity contribution in [2.75, 3.05) is 6.61 Å². The van der Waals surface area contributed by atoms with Gasteiger partial charge >= 0.3 is 5.97 Å². The first kappa shape index (κ1) is 26.4. The first-order valence-corrected chi connectivity index (χ1v) is 12.5. The van der Waals surface area contributed by atoms with Crippen LogP contribution >= 0.6 is 0 Å². The molecule has 0 radical (unpaired) electrons. The smallest absolute Gasteiger partial charge is 0.338 e. The Bertz CT molecular complexity index is 1310. The highest BCUT2D eigenvalue weighted by Crippen LogP contribution is 2.10. The molecule has 4 rings (SSSR count). The third kappa shape index (κ3) is 7.90. The maximum Gasteiger partial charge on any atom is 0.338 e. The van der Waals surface area contributed by atoms with E-state index in [-0.39, 0.29) is 18.4 Å². The molecule has 2 unspecified atom stereocenters. The van der Waals surface area contributed by atoms with Crippen LogP contribution in [0.4, 0.5) is 0 Å². The summed E-state index contributed by atoms with van der Waals surface area (Å²) in [5, 5.41) is 5.90. The lowest BCUT2D eigenvalue weighted by atomic mass is 10.0. The van der Waals surface area contributed by atoms with Crippen molar-refractivity contribution in [2.45, 2.75) is 24.9 Å². The second-order valence-corrected chi connectivity index (χ2v) is 8.94. The Morgan fingerprint density at radius 2 is 1.05 bits per heavy atom. The predicted octanol–water partition coefficient (Wildman–Crippen LogP) is 4.61. The summed E-state index contributed by atoms with van der Waals surface area (Å²) in [5.74, 6) is -1.15. The van der Waals surface area contributed by atoms with Crippen LogP contribution in [-0.4, -0.2) is 36.5 Å². The number of nitrogens with one attached hydrogen (secondary N) is 2. The maximum absolute atomic E-state index is 13.6. The lowest BCUT2D eigenvalue weighted by Crippen LogP contribution is -2.52. The molecule has 0 spiro atoms. The number of benzene rings is 4. The largest absolute Gasteiger partial charge is 0.460 e. The quantitative estimate of drug-likeness (QED) is 0.291. The average molecular weight is 507 g/mol. The summed E-state index contributed by atoms with van der Waals surface area (Å²) in [6.45, 7) is -0.0148. The van der Waals surface area contributed by atoms with Gasteiger partial charge in [0.25, 0.3) is 5.91 Å². The summed E-state index contributed by atoms with van der Waals surface area (Å²) in [4.78, 5) is 39.1. The van der Waals surface area contributed by atoms with Gasteiger partial charge in [0.2, 0.25) is 5.91 Å². The van der Waals surface area contributed by atoms with Crippen LogP contribution in [0.15, 0.2) is 121 Å². The Labute approximate surface area is 222 Å². The minimum absolute atomic E-state index is 0.0148. The Hall–Kier alpha value is -4.71. The minimum atomic E-state index is -0.826. The highest BCUT2D eigenvalue weighted by molar-refractivity contribution is 5.97. The van der Waals surface area contributed by atoms with Gasteiger partial charge in [0, 0.05) is 12.0 Å². The van der Waals surface area contributed by atoms with Crippen LogP contribution < -0.4 is 10.6 Å². The minimum Gasteiger partial charge on any atom is -0.460 e. The van der Waals surface area contributed by atoms with E-state index < -0.39 is 18.1 Å². The van der Waals surface area contributed by atoms with Crippen LogP contribution in [0.25, 0.3) is 0 Å². The third-order valence-corrected chi connectivity index (χ3v) is 6.04. The topological polar surface area (TPSA) is 84.5 Å². The van der Waals surface area contributed by atoms with Gasteiger partial charge in [-0.05, 0) is 41.8 Å². The fourth-order valence-electron chi connectivity index (χ4n) is 4.08. The van der Waals surface area contributed by atoms with E-state index in [0.29, 0.717) is 24.0 Å². The summed E-state index contributed by atoms with van der Waals surface area (Å²) in [7, 11) is 0. The molecular weight excluding hydrogens is 476 g/mol. The van der Waals surface area contributed by atoms with Crippen molar-refractivity contribution in [1.29, 1.82) is 0 Å². The van der Waals surface area contributed by atoms with E-state index in [9.17, 15) is 14.4 Å².